The molecule has 0 amide bonds. The Balaban J connectivity index is 2.55. The lowest BCUT2D eigenvalue weighted by molar-refractivity contribution is 0.340. The van der Waals surface area contributed by atoms with Gasteiger partial charge in [0.15, 0.2) is 0 Å². The maximum absolute atomic E-state index is 2.49. The van der Waals surface area contributed by atoms with Crippen molar-refractivity contribution in [3.8, 4) is 0 Å². The van der Waals surface area contributed by atoms with Gasteiger partial charge in [-0.2, -0.15) is 0 Å². The molecule has 0 bridgehead atoms. The van der Waals surface area contributed by atoms with Crippen molar-refractivity contribution in [1.29, 1.82) is 0 Å². The van der Waals surface area contributed by atoms with Crippen LogP contribution in [0.1, 0.15) is 33.6 Å². The number of hydrogen-bond donors (Lipinski definition) is 0. The Morgan fingerprint density at radius 3 is 2.70 bits per heavy atom. The maximum atomic E-state index is 2.49. The first-order valence-corrected chi connectivity index (χ1v) is 4.15. The molecule has 0 saturated carbocycles. The van der Waals surface area contributed by atoms with Gasteiger partial charge in [0.25, 0.3) is 0 Å². The van der Waals surface area contributed by atoms with E-state index in [-0.39, 0.29) is 0 Å². The Bertz CT molecular complexity index is 138. The van der Waals surface area contributed by atoms with Crippen LogP contribution < -0.4 is 0 Å². The molecular formula is C9H17N. The standard InChI is InChI=1S/C9H17N/c1-4-8(2)10-7-5-6-9(10)3/h4,9H,5-7H2,1-3H3. The Labute approximate surface area is 63.7 Å². The normalized spacial score (nSPS) is 27.7. The fourth-order valence-electron chi connectivity index (χ4n) is 1.62. The molecular weight excluding hydrogens is 122 g/mol. The van der Waals surface area contributed by atoms with E-state index in [4.69, 9.17) is 0 Å². The number of hydrogen-bond acceptors (Lipinski definition) is 1. The van der Waals surface area contributed by atoms with Gasteiger partial charge in [0.05, 0.1) is 0 Å². The summed E-state index contributed by atoms with van der Waals surface area (Å²) >= 11 is 0. The molecule has 1 rings (SSSR count). The number of rotatable bonds is 1. The molecule has 1 unspecified atom stereocenters. The maximum Gasteiger partial charge on any atom is 0.0259 e. The molecule has 58 valence electrons. The highest BCUT2D eigenvalue weighted by molar-refractivity contribution is 4.99. The van der Waals surface area contributed by atoms with E-state index in [2.05, 4.69) is 31.7 Å². The zero-order valence-corrected chi connectivity index (χ0v) is 7.22. The van der Waals surface area contributed by atoms with Gasteiger partial charge in [0.1, 0.15) is 0 Å². The third-order valence-electron chi connectivity index (χ3n) is 2.42. The van der Waals surface area contributed by atoms with Crippen LogP contribution in [0.2, 0.25) is 0 Å². The van der Waals surface area contributed by atoms with Crippen molar-refractivity contribution in [3.05, 3.63) is 11.8 Å². The van der Waals surface area contributed by atoms with Crippen LogP contribution in [0.4, 0.5) is 0 Å². The molecule has 0 aliphatic carbocycles. The van der Waals surface area contributed by atoms with E-state index in [1.54, 1.807) is 0 Å². The lowest BCUT2D eigenvalue weighted by Crippen LogP contribution is -2.24. The van der Waals surface area contributed by atoms with E-state index in [0.717, 1.165) is 6.04 Å². The zero-order chi connectivity index (χ0) is 7.56. The van der Waals surface area contributed by atoms with Crippen molar-refractivity contribution in [2.45, 2.75) is 39.7 Å². The van der Waals surface area contributed by atoms with Gasteiger partial charge in [-0.25, -0.2) is 0 Å². The summed E-state index contributed by atoms with van der Waals surface area (Å²) in [6.45, 7) is 7.87. The van der Waals surface area contributed by atoms with Crippen LogP contribution in [0, 0.1) is 0 Å². The molecule has 0 aromatic heterocycles. The van der Waals surface area contributed by atoms with Gasteiger partial charge in [0.2, 0.25) is 0 Å². The Morgan fingerprint density at radius 1 is 1.60 bits per heavy atom. The largest absolute Gasteiger partial charge is 0.373 e. The molecule has 1 nitrogen and oxygen atoms in total. The number of likely N-dealkylation sites (tertiary alicyclic amines) is 1. The molecule has 1 fully saturated rings. The Hall–Kier alpha value is -0.460. The predicted molar refractivity (Wildman–Crippen MR) is 44.8 cm³/mol. The molecule has 1 heterocycles. The van der Waals surface area contributed by atoms with Crippen LogP contribution in [-0.2, 0) is 0 Å². The van der Waals surface area contributed by atoms with Gasteiger partial charge < -0.3 is 4.90 Å². The molecule has 0 aromatic carbocycles. The van der Waals surface area contributed by atoms with Crippen LogP contribution in [-0.4, -0.2) is 17.5 Å². The Kier molecular flexibility index (Phi) is 2.36. The molecule has 0 radical (unpaired) electrons. The molecule has 0 aromatic rings. The second-order valence-corrected chi connectivity index (χ2v) is 3.11. The minimum Gasteiger partial charge on any atom is -0.373 e. The molecule has 1 heteroatoms. The highest BCUT2D eigenvalue weighted by atomic mass is 15.2. The zero-order valence-electron chi connectivity index (χ0n) is 7.22. The molecule has 1 aliphatic heterocycles. The second kappa shape index (κ2) is 3.09. The third-order valence-corrected chi connectivity index (χ3v) is 2.42. The van der Waals surface area contributed by atoms with E-state index in [9.17, 15) is 0 Å². The SMILES string of the molecule is CC=C(C)N1CCCC1C. The molecule has 0 N–H and O–H groups in total. The number of nitrogens with zero attached hydrogens (tertiary/aromatic N) is 1. The van der Waals surface area contributed by atoms with E-state index < -0.39 is 0 Å². The average Bonchev–Trinajstić information content (AvgIpc) is 2.34. The molecule has 0 spiro atoms. The number of allylic oxidation sites excluding steroid dienone is 2. The van der Waals surface area contributed by atoms with E-state index in [1.807, 2.05) is 0 Å². The molecule has 1 atom stereocenters. The molecule has 10 heavy (non-hydrogen) atoms. The van der Waals surface area contributed by atoms with E-state index >= 15 is 0 Å². The van der Waals surface area contributed by atoms with Crippen LogP contribution in [0.25, 0.3) is 0 Å². The van der Waals surface area contributed by atoms with Crippen molar-refractivity contribution < 1.29 is 0 Å². The van der Waals surface area contributed by atoms with Crippen molar-refractivity contribution >= 4 is 0 Å². The van der Waals surface area contributed by atoms with Gasteiger partial charge in [-0.3, -0.25) is 0 Å². The highest BCUT2D eigenvalue weighted by Gasteiger charge is 2.18. The van der Waals surface area contributed by atoms with E-state index in [0.29, 0.717) is 0 Å². The van der Waals surface area contributed by atoms with Crippen molar-refractivity contribution in [2.24, 2.45) is 0 Å². The summed E-state index contributed by atoms with van der Waals surface area (Å²) in [6, 6.07) is 0.774. The first-order valence-electron chi connectivity index (χ1n) is 4.15. The summed E-state index contributed by atoms with van der Waals surface area (Å²) in [7, 11) is 0. The Morgan fingerprint density at radius 2 is 2.30 bits per heavy atom. The van der Waals surface area contributed by atoms with E-state index in [1.165, 1.54) is 25.1 Å². The van der Waals surface area contributed by atoms with Gasteiger partial charge >= 0.3 is 0 Å². The first kappa shape index (κ1) is 7.64. The monoisotopic (exact) mass is 139 g/mol. The topological polar surface area (TPSA) is 3.24 Å². The summed E-state index contributed by atoms with van der Waals surface area (Å²) in [5.41, 5.74) is 1.44. The lowest BCUT2D eigenvalue weighted by atomic mass is 10.2. The van der Waals surface area contributed by atoms with Crippen LogP contribution in [0.15, 0.2) is 11.8 Å². The smallest absolute Gasteiger partial charge is 0.0259 e. The summed E-state index contributed by atoms with van der Waals surface area (Å²) in [4.78, 5) is 2.49. The van der Waals surface area contributed by atoms with Crippen LogP contribution in [0.3, 0.4) is 0 Å². The third kappa shape index (κ3) is 1.34. The van der Waals surface area contributed by atoms with Crippen molar-refractivity contribution in [3.63, 3.8) is 0 Å². The van der Waals surface area contributed by atoms with Gasteiger partial charge in [-0.05, 0) is 33.6 Å². The van der Waals surface area contributed by atoms with Crippen molar-refractivity contribution in [2.75, 3.05) is 6.54 Å². The van der Waals surface area contributed by atoms with Gasteiger partial charge in [0, 0.05) is 18.3 Å². The minimum atomic E-state index is 0.774. The summed E-state index contributed by atoms with van der Waals surface area (Å²) in [5, 5.41) is 0. The predicted octanol–water partition coefficient (Wildman–Crippen LogP) is 2.39. The van der Waals surface area contributed by atoms with Crippen LogP contribution >= 0.6 is 0 Å². The summed E-state index contributed by atoms with van der Waals surface area (Å²) in [6.07, 6.45) is 4.93. The quantitative estimate of drug-likeness (QED) is 0.539. The average molecular weight is 139 g/mol. The minimum absolute atomic E-state index is 0.774. The fraction of sp³-hybridized carbons (Fsp3) is 0.778. The lowest BCUT2D eigenvalue weighted by Gasteiger charge is -2.23. The van der Waals surface area contributed by atoms with Crippen molar-refractivity contribution in [1.82, 2.24) is 4.90 Å². The first-order chi connectivity index (χ1) is 4.75. The summed E-state index contributed by atoms with van der Waals surface area (Å²) < 4.78 is 0. The fourth-order valence-corrected chi connectivity index (χ4v) is 1.62. The molecule has 1 aliphatic rings. The van der Waals surface area contributed by atoms with Crippen LogP contribution in [0.5, 0.6) is 0 Å². The molecule has 1 saturated heterocycles. The summed E-state index contributed by atoms with van der Waals surface area (Å²) in [5.74, 6) is 0. The second-order valence-electron chi connectivity index (χ2n) is 3.11. The van der Waals surface area contributed by atoms with Gasteiger partial charge in [-0.15, -0.1) is 0 Å². The van der Waals surface area contributed by atoms with Gasteiger partial charge in [-0.1, -0.05) is 6.08 Å². The highest BCUT2D eigenvalue weighted by Crippen LogP contribution is 2.20.